The minimum atomic E-state index is -2.67. The van der Waals surface area contributed by atoms with E-state index in [2.05, 4.69) is 4.90 Å². The van der Waals surface area contributed by atoms with Crippen LogP contribution in [0.15, 0.2) is 24.3 Å². The number of alkyl halides is 2. The molecule has 0 bridgehead atoms. The average molecular weight is 324 g/mol. The molecule has 0 spiro atoms. The van der Waals surface area contributed by atoms with Gasteiger partial charge in [-0.2, -0.15) is 0 Å². The lowest BCUT2D eigenvalue weighted by Crippen LogP contribution is -2.47. The van der Waals surface area contributed by atoms with Crippen LogP contribution in [-0.2, 0) is 9.53 Å². The molecule has 0 unspecified atom stereocenters. The van der Waals surface area contributed by atoms with Gasteiger partial charge in [0.15, 0.2) is 0 Å². The fourth-order valence-corrected chi connectivity index (χ4v) is 3.19. The van der Waals surface area contributed by atoms with Crippen LogP contribution in [0.25, 0.3) is 0 Å². The molecule has 0 radical (unpaired) electrons. The van der Waals surface area contributed by atoms with Gasteiger partial charge in [0.05, 0.1) is 13.2 Å². The first kappa shape index (κ1) is 16.2. The van der Waals surface area contributed by atoms with Crippen molar-refractivity contribution in [3.63, 3.8) is 0 Å². The number of anilines is 2. The van der Waals surface area contributed by atoms with Crippen LogP contribution in [0.2, 0.25) is 0 Å². The van der Waals surface area contributed by atoms with Gasteiger partial charge in [0.1, 0.15) is 0 Å². The molecule has 23 heavy (non-hydrogen) atoms. The third-order valence-electron chi connectivity index (χ3n) is 4.56. The number of benzene rings is 1. The molecule has 4 nitrogen and oxygen atoms in total. The maximum Gasteiger partial charge on any atom is 0.249 e. The fourth-order valence-electron chi connectivity index (χ4n) is 3.19. The van der Waals surface area contributed by atoms with E-state index in [4.69, 9.17) is 4.74 Å². The Morgan fingerprint density at radius 3 is 2.39 bits per heavy atom. The van der Waals surface area contributed by atoms with Crippen molar-refractivity contribution in [3.8, 4) is 0 Å². The smallest absolute Gasteiger partial charge is 0.249 e. The van der Waals surface area contributed by atoms with Crippen LogP contribution >= 0.6 is 0 Å². The van der Waals surface area contributed by atoms with Crippen molar-refractivity contribution in [1.82, 2.24) is 0 Å². The molecule has 126 valence electrons. The van der Waals surface area contributed by atoms with Crippen LogP contribution in [-0.4, -0.2) is 44.7 Å². The standard InChI is InChI=1S/C17H22F2N2O2/c1-2-21(16(22)13-11-17(18,19)12-13)15-5-3-14(4-6-15)20-7-9-23-10-8-20/h3-6,13H,2,7-12H2,1H3. The van der Waals surface area contributed by atoms with Gasteiger partial charge >= 0.3 is 0 Å². The normalized spacial score (nSPS) is 20.9. The molecule has 3 rings (SSSR count). The molecule has 0 atom stereocenters. The van der Waals surface area contributed by atoms with E-state index in [9.17, 15) is 13.6 Å². The molecular formula is C17H22F2N2O2. The van der Waals surface area contributed by atoms with E-state index in [1.807, 2.05) is 31.2 Å². The minimum Gasteiger partial charge on any atom is -0.378 e. The second kappa shape index (κ2) is 6.43. The Morgan fingerprint density at radius 1 is 1.26 bits per heavy atom. The summed E-state index contributed by atoms with van der Waals surface area (Å²) >= 11 is 0. The lowest BCUT2D eigenvalue weighted by molar-refractivity contribution is -0.147. The van der Waals surface area contributed by atoms with E-state index < -0.39 is 11.8 Å². The van der Waals surface area contributed by atoms with E-state index in [1.54, 1.807) is 4.90 Å². The molecule has 1 aliphatic carbocycles. The summed E-state index contributed by atoms with van der Waals surface area (Å²) in [6.45, 7) is 5.50. The molecule has 0 N–H and O–H groups in total. The molecule has 2 fully saturated rings. The zero-order valence-electron chi connectivity index (χ0n) is 13.3. The lowest BCUT2D eigenvalue weighted by atomic mass is 9.80. The summed E-state index contributed by atoms with van der Waals surface area (Å²) in [5.74, 6) is -3.42. The van der Waals surface area contributed by atoms with Gasteiger partial charge in [-0.15, -0.1) is 0 Å². The number of carbonyl (C=O) groups excluding carboxylic acids is 1. The summed E-state index contributed by atoms with van der Waals surface area (Å²) in [6.07, 6.45) is -0.650. The monoisotopic (exact) mass is 324 g/mol. The van der Waals surface area contributed by atoms with Crippen molar-refractivity contribution in [1.29, 1.82) is 0 Å². The van der Waals surface area contributed by atoms with E-state index >= 15 is 0 Å². The lowest BCUT2D eigenvalue weighted by Gasteiger charge is -2.37. The first-order valence-corrected chi connectivity index (χ1v) is 8.12. The second-order valence-electron chi connectivity index (χ2n) is 6.16. The van der Waals surface area contributed by atoms with Gasteiger partial charge in [0, 0.05) is 49.8 Å². The molecule has 1 saturated carbocycles. The Labute approximate surface area is 135 Å². The number of rotatable bonds is 4. The maximum absolute atomic E-state index is 13.0. The van der Waals surface area contributed by atoms with Gasteiger partial charge in [-0.05, 0) is 31.2 Å². The number of carbonyl (C=O) groups is 1. The number of nitrogens with zero attached hydrogens (tertiary/aromatic N) is 2. The van der Waals surface area contributed by atoms with Gasteiger partial charge in [0.2, 0.25) is 11.8 Å². The first-order chi connectivity index (χ1) is 11.0. The average Bonchev–Trinajstić information content (AvgIpc) is 2.54. The highest BCUT2D eigenvalue weighted by Crippen LogP contribution is 2.43. The summed E-state index contributed by atoms with van der Waals surface area (Å²) < 4.78 is 31.3. The molecule has 1 amide bonds. The topological polar surface area (TPSA) is 32.8 Å². The number of hydrogen-bond donors (Lipinski definition) is 0. The summed E-state index contributed by atoms with van der Waals surface area (Å²) in [6, 6.07) is 7.74. The molecule has 1 aromatic carbocycles. The Kier molecular flexibility index (Phi) is 4.53. The summed E-state index contributed by atoms with van der Waals surface area (Å²) in [5, 5.41) is 0. The highest BCUT2D eigenvalue weighted by atomic mass is 19.3. The van der Waals surface area contributed by atoms with Crippen molar-refractivity contribution in [3.05, 3.63) is 24.3 Å². The molecule has 0 aromatic heterocycles. The van der Waals surface area contributed by atoms with E-state index in [-0.39, 0.29) is 18.7 Å². The predicted molar refractivity (Wildman–Crippen MR) is 85.2 cm³/mol. The molecular weight excluding hydrogens is 302 g/mol. The van der Waals surface area contributed by atoms with Crippen molar-refractivity contribution >= 4 is 17.3 Å². The Balaban J connectivity index is 1.68. The van der Waals surface area contributed by atoms with E-state index in [0.29, 0.717) is 6.54 Å². The largest absolute Gasteiger partial charge is 0.378 e. The van der Waals surface area contributed by atoms with Crippen LogP contribution in [0.5, 0.6) is 0 Å². The van der Waals surface area contributed by atoms with Crippen molar-refractivity contribution in [2.24, 2.45) is 5.92 Å². The summed E-state index contributed by atoms with van der Waals surface area (Å²) in [7, 11) is 0. The highest BCUT2D eigenvalue weighted by Gasteiger charge is 2.49. The predicted octanol–water partition coefficient (Wildman–Crippen LogP) is 2.92. The molecule has 6 heteroatoms. The minimum absolute atomic E-state index is 0.197. The Hall–Kier alpha value is -1.69. The number of halogens is 2. The van der Waals surface area contributed by atoms with Crippen LogP contribution in [0.1, 0.15) is 19.8 Å². The van der Waals surface area contributed by atoms with Gasteiger partial charge in [-0.3, -0.25) is 4.79 Å². The molecule has 1 heterocycles. The van der Waals surface area contributed by atoms with E-state index in [0.717, 1.165) is 37.7 Å². The zero-order chi connectivity index (χ0) is 16.4. The molecule has 1 saturated heterocycles. The van der Waals surface area contributed by atoms with Crippen LogP contribution < -0.4 is 9.80 Å². The third-order valence-corrected chi connectivity index (χ3v) is 4.56. The number of hydrogen-bond acceptors (Lipinski definition) is 3. The second-order valence-corrected chi connectivity index (χ2v) is 6.16. The van der Waals surface area contributed by atoms with Gasteiger partial charge in [0.25, 0.3) is 0 Å². The Bertz CT molecular complexity index is 548. The number of ether oxygens (including phenoxy) is 1. The SMILES string of the molecule is CCN(C(=O)C1CC(F)(F)C1)c1ccc(N2CCOCC2)cc1. The Morgan fingerprint density at radius 2 is 1.87 bits per heavy atom. The molecule has 2 aliphatic rings. The fraction of sp³-hybridized carbons (Fsp3) is 0.588. The van der Waals surface area contributed by atoms with Gasteiger partial charge in [-0.25, -0.2) is 8.78 Å². The van der Waals surface area contributed by atoms with Crippen molar-refractivity contribution < 1.29 is 18.3 Å². The summed E-state index contributed by atoms with van der Waals surface area (Å²) in [5.41, 5.74) is 1.86. The molecule has 1 aromatic rings. The van der Waals surface area contributed by atoms with Crippen LogP contribution in [0.4, 0.5) is 20.2 Å². The first-order valence-electron chi connectivity index (χ1n) is 8.12. The van der Waals surface area contributed by atoms with Gasteiger partial charge in [-0.1, -0.05) is 0 Å². The third kappa shape index (κ3) is 3.47. The zero-order valence-corrected chi connectivity index (χ0v) is 13.3. The van der Waals surface area contributed by atoms with Crippen molar-refractivity contribution in [2.75, 3.05) is 42.6 Å². The van der Waals surface area contributed by atoms with E-state index in [1.165, 1.54) is 0 Å². The number of morpholine rings is 1. The maximum atomic E-state index is 13.0. The quantitative estimate of drug-likeness (QED) is 0.854. The van der Waals surface area contributed by atoms with Crippen LogP contribution in [0.3, 0.4) is 0 Å². The van der Waals surface area contributed by atoms with Crippen molar-refractivity contribution in [2.45, 2.75) is 25.7 Å². The van der Waals surface area contributed by atoms with Gasteiger partial charge < -0.3 is 14.5 Å². The summed E-state index contributed by atoms with van der Waals surface area (Å²) in [4.78, 5) is 16.2. The molecule has 1 aliphatic heterocycles. The highest BCUT2D eigenvalue weighted by molar-refractivity contribution is 5.95. The number of amides is 1. The van der Waals surface area contributed by atoms with Crippen LogP contribution in [0, 0.1) is 5.92 Å².